The second kappa shape index (κ2) is 4.61. The third-order valence-electron chi connectivity index (χ3n) is 3.00. The van der Waals surface area contributed by atoms with Gasteiger partial charge in [-0.1, -0.05) is 15.9 Å². The van der Waals surface area contributed by atoms with Gasteiger partial charge in [0.1, 0.15) is 12.2 Å². The van der Waals surface area contributed by atoms with Crippen molar-refractivity contribution in [2.45, 2.75) is 26.3 Å². The molecule has 0 bridgehead atoms. The molecule has 0 radical (unpaired) electrons. The zero-order valence-electron chi connectivity index (χ0n) is 8.95. The van der Waals surface area contributed by atoms with E-state index in [9.17, 15) is 0 Å². The van der Waals surface area contributed by atoms with Gasteiger partial charge in [0.05, 0.1) is 6.61 Å². The lowest BCUT2D eigenvalue weighted by molar-refractivity contribution is 0.160. The molecule has 2 heterocycles. The summed E-state index contributed by atoms with van der Waals surface area (Å²) in [6, 6.07) is 0. The summed E-state index contributed by atoms with van der Waals surface area (Å²) in [4.78, 5) is 4.32. The van der Waals surface area contributed by atoms with Crippen molar-refractivity contribution in [1.82, 2.24) is 14.8 Å². The molecule has 0 aliphatic carbocycles. The van der Waals surface area contributed by atoms with Crippen molar-refractivity contribution in [3.05, 3.63) is 12.2 Å². The number of rotatable bonds is 4. The summed E-state index contributed by atoms with van der Waals surface area (Å²) in [5.74, 6) is 1.07. The minimum atomic E-state index is 0.222. The molecule has 15 heavy (non-hydrogen) atoms. The number of aromatic nitrogens is 3. The lowest BCUT2D eigenvalue weighted by Gasteiger charge is -2.23. The van der Waals surface area contributed by atoms with E-state index in [2.05, 4.69) is 32.9 Å². The van der Waals surface area contributed by atoms with Crippen LogP contribution in [0, 0.1) is 5.41 Å². The van der Waals surface area contributed by atoms with Crippen LogP contribution in [0.15, 0.2) is 6.33 Å². The van der Waals surface area contributed by atoms with Crippen LogP contribution in [0.3, 0.4) is 0 Å². The first-order valence-electron chi connectivity index (χ1n) is 5.30. The van der Waals surface area contributed by atoms with E-state index in [1.165, 1.54) is 0 Å². The minimum Gasteiger partial charge on any atom is -0.381 e. The Balaban J connectivity index is 2.12. The van der Waals surface area contributed by atoms with E-state index in [1.54, 1.807) is 6.33 Å². The Morgan fingerprint density at radius 3 is 3.13 bits per heavy atom. The first-order chi connectivity index (χ1) is 7.29. The van der Waals surface area contributed by atoms with Gasteiger partial charge in [-0.15, -0.1) is 0 Å². The molecule has 0 aromatic carbocycles. The number of ether oxygens (including phenoxy) is 1. The van der Waals surface area contributed by atoms with Crippen LogP contribution in [0.25, 0.3) is 0 Å². The predicted molar refractivity (Wildman–Crippen MR) is 61.1 cm³/mol. The van der Waals surface area contributed by atoms with Crippen LogP contribution in [-0.4, -0.2) is 33.3 Å². The molecule has 4 nitrogen and oxygen atoms in total. The SMILES string of the molecule is CCn1ncnc1CC1(CBr)CCOC1. The fourth-order valence-corrected chi connectivity index (χ4v) is 2.61. The average Bonchev–Trinajstić information content (AvgIpc) is 2.88. The van der Waals surface area contributed by atoms with Gasteiger partial charge in [-0.05, 0) is 13.3 Å². The lowest BCUT2D eigenvalue weighted by atomic mass is 9.86. The van der Waals surface area contributed by atoms with Crippen molar-refractivity contribution in [3.8, 4) is 0 Å². The van der Waals surface area contributed by atoms with E-state index in [0.29, 0.717) is 0 Å². The molecule has 1 aliphatic heterocycles. The molecule has 1 saturated heterocycles. The molecule has 0 amide bonds. The van der Waals surface area contributed by atoms with Crippen molar-refractivity contribution in [1.29, 1.82) is 0 Å². The fourth-order valence-electron chi connectivity index (χ4n) is 1.97. The maximum atomic E-state index is 5.49. The van der Waals surface area contributed by atoms with Gasteiger partial charge in [-0.2, -0.15) is 5.10 Å². The highest BCUT2D eigenvalue weighted by molar-refractivity contribution is 9.09. The smallest absolute Gasteiger partial charge is 0.138 e. The summed E-state index contributed by atoms with van der Waals surface area (Å²) in [6.07, 6.45) is 3.69. The summed E-state index contributed by atoms with van der Waals surface area (Å²) in [5, 5.41) is 5.16. The maximum absolute atomic E-state index is 5.49. The van der Waals surface area contributed by atoms with Crippen molar-refractivity contribution in [3.63, 3.8) is 0 Å². The highest BCUT2D eigenvalue weighted by atomic mass is 79.9. The first-order valence-corrected chi connectivity index (χ1v) is 6.42. The Morgan fingerprint density at radius 2 is 2.53 bits per heavy atom. The molecule has 84 valence electrons. The molecule has 1 fully saturated rings. The summed E-state index contributed by atoms with van der Waals surface area (Å²) >= 11 is 3.59. The molecule has 5 heteroatoms. The number of halogens is 1. The van der Waals surface area contributed by atoms with E-state index >= 15 is 0 Å². The van der Waals surface area contributed by atoms with Gasteiger partial charge >= 0.3 is 0 Å². The van der Waals surface area contributed by atoms with E-state index in [4.69, 9.17) is 4.74 Å². The summed E-state index contributed by atoms with van der Waals surface area (Å²) in [7, 11) is 0. The molecule has 1 aliphatic rings. The third kappa shape index (κ3) is 2.23. The Morgan fingerprint density at radius 1 is 1.67 bits per heavy atom. The predicted octanol–water partition coefficient (Wildman–Crippen LogP) is 1.64. The third-order valence-corrected chi connectivity index (χ3v) is 4.19. The zero-order valence-corrected chi connectivity index (χ0v) is 10.5. The van der Waals surface area contributed by atoms with Crippen molar-refractivity contribution >= 4 is 15.9 Å². The number of hydrogen-bond donors (Lipinski definition) is 0. The van der Waals surface area contributed by atoms with Crippen LogP contribution in [0.2, 0.25) is 0 Å². The van der Waals surface area contributed by atoms with Crippen LogP contribution in [-0.2, 0) is 17.7 Å². The Hall–Kier alpha value is -0.420. The second-order valence-electron chi connectivity index (χ2n) is 4.11. The van der Waals surface area contributed by atoms with Crippen molar-refractivity contribution in [2.75, 3.05) is 18.5 Å². The monoisotopic (exact) mass is 273 g/mol. The van der Waals surface area contributed by atoms with E-state index < -0.39 is 0 Å². The van der Waals surface area contributed by atoms with Gasteiger partial charge in [-0.3, -0.25) is 4.68 Å². The molecular formula is C10H16BrN3O. The quantitative estimate of drug-likeness (QED) is 0.784. The largest absolute Gasteiger partial charge is 0.381 e. The van der Waals surface area contributed by atoms with Crippen molar-refractivity contribution in [2.24, 2.45) is 5.41 Å². The van der Waals surface area contributed by atoms with Gasteiger partial charge in [0.2, 0.25) is 0 Å². The standard InChI is InChI=1S/C10H16BrN3O/c1-2-14-9(12-8-13-14)5-10(6-11)3-4-15-7-10/h8H,2-7H2,1H3. The van der Waals surface area contributed by atoms with Crippen LogP contribution in [0.5, 0.6) is 0 Å². The van der Waals surface area contributed by atoms with Gasteiger partial charge in [0.25, 0.3) is 0 Å². The molecule has 1 aromatic rings. The highest BCUT2D eigenvalue weighted by Gasteiger charge is 2.35. The number of aryl methyl sites for hydroxylation is 1. The Kier molecular flexibility index (Phi) is 3.41. The molecule has 0 saturated carbocycles. The van der Waals surface area contributed by atoms with Crippen LogP contribution in [0.1, 0.15) is 19.2 Å². The van der Waals surface area contributed by atoms with E-state index in [1.807, 2.05) is 4.68 Å². The normalized spacial score (nSPS) is 26.0. The van der Waals surface area contributed by atoms with Gasteiger partial charge < -0.3 is 4.74 Å². The van der Waals surface area contributed by atoms with Gasteiger partial charge in [-0.25, -0.2) is 4.98 Å². The Labute approximate surface area is 98.2 Å². The second-order valence-corrected chi connectivity index (χ2v) is 4.67. The molecule has 1 unspecified atom stereocenters. The van der Waals surface area contributed by atoms with Crippen molar-refractivity contribution < 1.29 is 4.74 Å². The average molecular weight is 274 g/mol. The van der Waals surface area contributed by atoms with Crippen LogP contribution >= 0.6 is 15.9 Å². The van der Waals surface area contributed by atoms with Gasteiger partial charge in [0.15, 0.2) is 0 Å². The van der Waals surface area contributed by atoms with E-state index in [0.717, 1.165) is 43.8 Å². The molecule has 1 atom stereocenters. The molecule has 2 rings (SSSR count). The first kappa shape index (κ1) is 11.1. The Bertz CT molecular complexity index is 320. The van der Waals surface area contributed by atoms with Crippen LogP contribution in [0.4, 0.5) is 0 Å². The van der Waals surface area contributed by atoms with Gasteiger partial charge in [0, 0.05) is 30.3 Å². The number of hydrogen-bond acceptors (Lipinski definition) is 3. The summed E-state index contributed by atoms with van der Waals surface area (Å²) < 4.78 is 7.45. The summed E-state index contributed by atoms with van der Waals surface area (Å²) in [5.41, 5.74) is 0.222. The summed E-state index contributed by atoms with van der Waals surface area (Å²) in [6.45, 7) is 4.67. The minimum absolute atomic E-state index is 0.222. The number of nitrogens with zero attached hydrogens (tertiary/aromatic N) is 3. The zero-order chi connectivity index (χ0) is 10.7. The molecular weight excluding hydrogens is 258 g/mol. The fraction of sp³-hybridized carbons (Fsp3) is 0.800. The molecule has 0 N–H and O–H groups in total. The topological polar surface area (TPSA) is 39.9 Å². The lowest BCUT2D eigenvalue weighted by Crippen LogP contribution is -2.27. The molecule has 0 spiro atoms. The number of alkyl halides is 1. The highest BCUT2D eigenvalue weighted by Crippen LogP contribution is 2.33. The molecule has 1 aromatic heterocycles. The van der Waals surface area contributed by atoms with E-state index in [-0.39, 0.29) is 5.41 Å². The maximum Gasteiger partial charge on any atom is 0.138 e. The van der Waals surface area contributed by atoms with Crippen LogP contribution < -0.4 is 0 Å².